The molecule has 6 nitrogen and oxygen atoms in total. The lowest BCUT2D eigenvalue weighted by atomic mass is 10.2. The second kappa shape index (κ2) is 5.55. The topological polar surface area (TPSA) is 76.0 Å². The molecule has 1 aromatic heterocycles. The average Bonchev–Trinajstić information content (AvgIpc) is 3.04. The van der Waals surface area contributed by atoms with E-state index in [1.54, 1.807) is 0 Å². The van der Waals surface area contributed by atoms with Gasteiger partial charge in [0, 0.05) is 26.4 Å². The summed E-state index contributed by atoms with van der Waals surface area (Å²) in [4.78, 5) is 27.5. The minimum atomic E-state index is -0.377. The molecule has 0 radical (unpaired) electrons. The normalized spacial score (nSPS) is 18.0. The summed E-state index contributed by atoms with van der Waals surface area (Å²) in [5, 5.41) is 5.52. The molecule has 1 aliphatic heterocycles. The van der Waals surface area contributed by atoms with Gasteiger partial charge in [-0.2, -0.15) is 0 Å². The molecule has 1 atom stereocenters. The fourth-order valence-electron chi connectivity index (χ4n) is 2.65. The molecule has 1 saturated heterocycles. The number of nitrogens with zero attached hydrogens (tertiary/aromatic N) is 2. The highest BCUT2D eigenvalue weighted by Crippen LogP contribution is 2.14. The van der Waals surface area contributed by atoms with Crippen LogP contribution in [0.2, 0.25) is 0 Å². The number of imidazole rings is 1. The van der Waals surface area contributed by atoms with Crippen LogP contribution in [0.4, 0.5) is 0 Å². The monoisotopic (exact) mass is 286 g/mol. The number of nitrogens with one attached hydrogen (secondary N) is 2. The molecule has 2 aromatic rings. The first-order valence-electron chi connectivity index (χ1n) is 7.12. The molecule has 2 heterocycles. The molecule has 2 N–H and O–H groups in total. The summed E-state index contributed by atoms with van der Waals surface area (Å²) in [5.74, 6) is 0.775. The van der Waals surface area contributed by atoms with Gasteiger partial charge in [0.25, 0.3) is 0 Å². The Bertz CT molecular complexity index is 692. The van der Waals surface area contributed by atoms with Gasteiger partial charge in [0.05, 0.1) is 11.0 Å². The summed E-state index contributed by atoms with van der Waals surface area (Å²) in [6.45, 7) is 0.516. The Labute approximate surface area is 122 Å². The van der Waals surface area contributed by atoms with Crippen molar-refractivity contribution < 1.29 is 9.59 Å². The maximum Gasteiger partial charge on any atom is 0.242 e. The molecular weight excluding hydrogens is 268 g/mol. The molecule has 1 fully saturated rings. The molecule has 3 rings (SSSR count). The third-order valence-electron chi connectivity index (χ3n) is 3.84. The fraction of sp³-hybridized carbons (Fsp3) is 0.400. The van der Waals surface area contributed by atoms with Gasteiger partial charge in [-0.3, -0.25) is 9.59 Å². The zero-order valence-corrected chi connectivity index (χ0v) is 11.9. The Kier molecular flexibility index (Phi) is 3.60. The highest BCUT2D eigenvalue weighted by Gasteiger charge is 2.26. The van der Waals surface area contributed by atoms with Crippen molar-refractivity contribution in [3.8, 4) is 0 Å². The first-order valence-corrected chi connectivity index (χ1v) is 7.12. The molecule has 0 aliphatic carbocycles. The molecule has 1 aromatic carbocycles. The van der Waals surface area contributed by atoms with Crippen LogP contribution < -0.4 is 10.6 Å². The smallest absolute Gasteiger partial charge is 0.242 e. The lowest BCUT2D eigenvalue weighted by Gasteiger charge is -2.10. The third-order valence-corrected chi connectivity index (χ3v) is 3.84. The number of carbonyl (C=O) groups excluding carboxylic acids is 2. The number of aromatic nitrogens is 2. The van der Waals surface area contributed by atoms with Crippen LogP contribution in [0.25, 0.3) is 11.0 Å². The minimum Gasteiger partial charge on any atom is -0.354 e. The quantitative estimate of drug-likeness (QED) is 0.860. The number of aryl methyl sites for hydroxylation is 1. The fourth-order valence-corrected chi connectivity index (χ4v) is 2.65. The summed E-state index contributed by atoms with van der Waals surface area (Å²) < 4.78 is 2.04. The number of benzene rings is 1. The van der Waals surface area contributed by atoms with Gasteiger partial charge >= 0.3 is 0 Å². The number of carbonyl (C=O) groups is 2. The van der Waals surface area contributed by atoms with Gasteiger partial charge in [-0.05, 0) is 18.6 Å². The number of hydrogen-bond donors (Lipinski definition) is 2. The maximum atomic E-state index is 11.9. The SMILES string of the molecule is Cn1c(CCNC(=O)C2CCC(=O)N2)nc2ccccc21. The van der Waals surface area contributed by atoms with Crippen molar-refractivity contribution in [3.63, 3.8) is 0 Å². The van der Waals surface area contributed by atoms with Gasteiger partial charge in [0.15, 0.2) is 0 Å². The molecule has 21 heavy (non-hydrogen) atoms. The van der Waals surface area contributed by atoms with Gasteiger partial charge in [-0.15, -0.1) is 0 Å². The van der Waals surface area contributed by atoms with Gasteiger partial charge in [-0.1, -0.05) is 12.1 Å². The first kappa shape index (κ1) is 13.6. The van der Waals surface area contributed by atoms with Gasteiger partial charge in [0.1, 0.15) is 11.9 Å². The van der Waals surface area contributed by atoms with E-state index in [1.165, 1.54) is 0 Å². The van der Waals surface area contributed by atoms with E-state index in [9.17, 15) is 9.59 Å². The Balaban J connectivity index is 1.58. The lowest BCUT2D eigenvalue weighted by molar-refractivity contribution is -0.125. The van der Waals surface area contributed by atoms with Gasteiger partial charge in [-0.25, -0.2) is 4.98 Å². The van der Waals surface area contributed by atoms with E-state index in [-0.39, 0.29) is 17.9 Å². The summed E-state index contributed by atoms with van der Waals surface area (Å²) in [6, 6.07) is 7.57. The van der Waals surface area contributed by atoms with Crippen LogP contribution in [0.5, 0.6) is 0 Å². The molecule has 6 heteroatoms. The highest BCUT2D eigenvalue weighted by atomic mass is 16.2. The number of rotatable bonds is 4. The maximum absolute atomic E-state index is 11.9. The second-order valence-corrected chi connectivity index (χ2v) is 5.28. The van der Waals surface area contributed by atoms with E-state index >= 15 is 0 Å². The van der Waals surface area contributed by atoms with Gasteiger partial charge in [0.2, 0.25) is 11.8 Å². The molecule has 0 bridgehead atoms. The van der Waals surface area contributed by atoms with Gasteiger partial charge < -0.3 is 15.2 Å². The van der Waals surface area contributed by atoms with Crippen molar-refractivity contribution in [2.75, 3.05) is 6.54 Å². The number of hydrogen-bond acceptors (Lipinski definition) is 3. The van der Waals surface area contributed by atoms with E-state index in [0.29, 0.717) is 25.8 Å². The molecule has 0 spiro atoms. The number of fused-ring (bicyclic) bond motifs is 1. The van der Waals surface area contributed by atoms with Crippen LogP contribution in [0, 0.1) is 0 Å². The summed E-state index contributed by atoms with van der Waals surface area (Å²) in [7, 11) is 1.98. The summed E-state index contributed by atoms with van der Waals surface area (Å²) >= 11 is 0. The Hall–Kier alpha value is -2.37. The molecule has 1 aliphatic rings. The second-order valence-electron chi connectivity index (χ2n) is 5.28. The summed E-state index contributed by atoms with van der Waals surface area (Å²) in [6.07, 6.45) is 1.68. The molecule has 110 valence electrons. The highest BCUT2D eigenvalue weighted by molar-refractivity contribution is 5.90. The zero-order valence-electron chi connectivity index (χ0n) is 11.9. The Morgan fingerprint density at radius 1 is 1.48 bits per heavy atom. The van der Waals surface area contributed by atoms with Crippen LogP contribution in [-0.2, 0) is 23.1 Å². The van der Waals surface area contributed by atoms with Crippen LogP contribution in [0.1, 0.15) is 18.7 Å². The van der Waals surface area contributed by atoms with Crippen molar-refractivity contribution in [2.45, 2.75) is 25.3 Å². The van der Waals surface area contributed by atoms with E-state index in [4.69, 9.17) is 0 Å². The third kappa shape index (κ3) is 2.74. The van der Waals surface area contributed by atoms with Crippen molar-refractivity contribution in [3.05, 3.63) is 30.1 Å². The molecule has 2 amide bonds. The largest absolute Gasteiger partial charge is 0.354 e. The van der Waals surface area contributed by atoms with Crippen LogP contribution in [0.15, 0.2) is 24.3 Å². The van der Waals surface area contributed by atoms with E-state index < -0.39 is 0 Å². The first-order chi connectivity index (χ1) is 10.1. The summed E-state index contributed by atoms with van der Waals surface area (Å²) in [5.41, 5.74) is 2.05. The van der Waals surface area contributed by atoms with Crippen LogP contribution in [-0.4, -0.2) is 34.0 Å². The van der Waals surface area contributed by atoms with Crippen molar-refractivity contribution >= 4 is 22.8 Å². The number of para-hydroxylation sites is 2. The van der Waals surface area contributed by atoms with Crippen molar-refractivity contribution in [2.24, 2.45) is 7.05 Å². The van der Waals surface area contributed by atoms with Crippen LogP contribution in [0.3, 0.4) is 0 Å². The van der Waals surface area contributed by atoms with E-state index in [2.05, 4.69) is 15.6 Å². The lowest BCUT2D eigenvalue weighted by Crippen LogP contribution is -2.42. The predicted octanol–water partition coefficient (Wildman–Crippen LogP) is 0.511. The Morgan fingerprint density at radius 3 is 3.00 bits per heavy atom. The molecule has 0 saturated carbocycles. The minimum absolute atomic E-state index is 0.0505. The van der Waals surface area contributed by atoms with Crippen molar-refractivity contribution in [1.29, 1.82) is 0 Å². The average molecular weight is 286 g/mol. The standard InChI is InChI=1S/C15H18N4O2/c1-19-12-5-3-2-4-10(12)17-13(19)8-9-16-15(21)11-6-7-14(20)18-11/h2-5,11H,6-9H2,1H3,(H,16,21)(H,18,20). The Morgan fingerprint density at radius 2 is 2.29 bits per heavy atom. The predicted molar refractivity (Wildman–Crippen MR) is 78.6 cm³/mol. The van der Waals surface area contributed by atoms with E-state index in [1.807, 2.05) is 35.9 Å². The van der Waals surface area contributed by atoms with Crippen LogP contribution >= 0.6 is 0 Å². The van der Waals surface area contributed by atoms with E-state index in [0.717, 1.165) is 16.9 Å². The zero-order chi connectivity index (χ0) is 14.8. The number of amides is 2. The molecule has 1 unspecified atom stereocenters. The van der Waals surface area contributed by atoms with Crippen molar-refractivity contribution in [1.82, 2.24) is 20.2 Å². The molecular formula is C15H18N4O2.